The highest BCUT2D eigenvalue weighted by atomic mass is 32.1. The predicted molar refractivity (Wildman–Crippen MR) is 104 cm³/mol. The van der Waals surface area contributed by atoms with Gasteiger partial charge in [-0.1, -0.05) is 12.1 Å². The number of fused-ring (bicyclic) bond motifs is 2. The summed E-state index contributed by atoms with van der Waals surface area (Å²) in [5, 5.41) is 7.70. The van der Waals surface area contributed by atoms with Gasteiger partial charge in [-0.15, -0.1) is 0 Å². The number of likely N-dealkylation sites (N-methyl/N-ethyl adjacent to an activating group) is 1. The SMILES string of the molecule is CC(=O)NC(=S)NCC1C[C@@H]2c3cccc4[nH]cc(c34)C[C@H]2N(C)C1. The highest BCUT2D eigenvalue weighted by molar-refractivity contribution is 7.80. The summed E-state index contributed by atoms with van der Waals surface area (Å²) in [6.07, 6.45) is 4.44. The van der Waals surface area contributed by atoms with Crippen molar-refractivity contribution in [1.82, 2.24) is 20.5 Å². The summed E-state index contributed by atoms with van der Waals surface area (Å²) in [5.74, 6) is 0.929. The molecule has 4 rings (SSSR count). The lowest BCUT2D eigenvalue weighted by molar-refractivity contribution is -0.117. The number of hydrogen-bond donors (Lipinski definition) is 3. The average Bonchev–Trinajstić information content (AvgIpc) is 2.98. The number of piperidine rings is 1. The van der Waals surface area contributed by atoms with E-state index in [1.807, 2.05) is 0 Å². The van der Waals surface area contributed by atoms with Gasteiger partial charge in [-0.05, 0) is 55.2 Å². The Morgan fingerprint density at radius 3 is 3.08 bits per heavy atom. The first kappa shape index (κ1) is 16.5. The van der Waals surface area contributed by atoms with Crippen LogP contribution in [0.1, 0.15) is 30.4 Å². The van der Waals surface area contributed by atoms with Crippen LogP contribution in [0.2, 0.25) is 0 Å². The molecule has 2 heterocycles. The molecule has 1 amide bonds. The summed E-state index contributed by atoms with van der Waals surface area (Å²) in [6.45, 7) is 3.32. The van der Waals surface area contributed by atoms with Crippen molar-refractivity contribution in [3.8, 4) is 0 Å². The maximum absolute atomic E-state index is 11.1. The van der Waals surface area contributed by atoms with E-state index in [1.54, 1.807) is 0 Å². The number of rotatable bonds is 2. The second-order valence-corrected chi connectivity index (χ2v) is 7.80. The van der Waals surface area contributed by atoms with E-state index in [4.69, 9.17) is 12.2 Å². The van der Waals surface area contributed by atoms with Crippen molar-refractivity contribution in [1.29, 1.82) is 0 Å². The van der Waals surface area contributed by atoms with E-state index in [9.17, 15) is 4.79 Å². The lowest BCUT2D eigenvalue weighted by Crippen LogP contribution is -2.51. The largest absolute Gasteiger partial charge is 0.362 e. The zero-order valence-corrected chi connectivity index (χ0v) is 15.5. The normalized spacial score (nSPS) is 25.4. The molecule has 1 aliphatic carbocycles. The lowest BCUT2D eigenvalue weighted by atomic mass is 9.72. The van der Waals surface area contributed by atoms with Gasteiger partial charge < -0.3 is 20.5 Å². The van der Waals surface area contributed by atoms with Crippen LogP contribution in [0, 0.1) is 5.92 Å². The molecule has 3 N–H and O–H groups in total. The molecule has 0 bridgehead atoms. The van der Waals surface area contributed by atoms with Crippen LogP contribution in [0.4, 0.5) is 0 Å². The van der Waals surface area contributed by atoms with Crippen molar-refractivity contribution in [3.63, 3.8) is 0 Å². The number of likely N-dealkylation sites (tertiary alicyclic amines) is 1. The van der Waals surface area contributed by atoms with Crippen LogP contribution in [0.3, 0.4) is 0 Å². The van der Waals surface area contributed by atoms with Crippen molar-refractivity contribution in [3.05, 3.63) is 35.5 Å². The van der Waals surface area contributed by atoms with Crippen molar-refractivity contribution in [2.45, 2.75) is 31.7 Å². The molecule has 1 saturated heterocycles. The number of hydrogen-bond acceptors (Lipinski definition) is 3. The highest BCUT2D eigenvalue weighted by Gasteiger charge is 2.39. The Kier molecular flexibility index (Phi) is 4.25. The second-order valence-electron chi connectivity index (χ2n) is 7.39. The summed E-state index contributed by atoms with van der Waals surface area (Å²) in [5.41, 5.74) is 4.17. The molecule has 1 fully saturated rings. The molecule has 1 aromatic carbocycles. The molecule has 1 aliphatic heterocycles. The Morgan fingerprint density at radius 2 is 2.28 bits per heavy atom. The molecule has 2 aromatic rings. The van der Waals surface area contributed by atoms with Gasteiger partial charge in [-0.3, -0.25) is 4.79 Å². The van der Waals surface area contributed by atoms with Gasteiger partial charge in [0, 0.05) is 49.1 Å². The van der Waals surface area contributed by atoms with Crippen molar-refractivity contribution >= 4 is 34.1 Å². The number of carbonyl (C=O) groups is 1. The Morgan fingerprint density at radius 1 is 1.44 bits per heavy atom. The Labute approximate surface area is 153 Å². The number of H-pyrrole nitrogens is 1. The number of thiocarbonyl (C=S) groups is 1. The first-order chi connectivity index (χ1) is 12.0. The molecule has 1 aromatic heterocycles. The Bertz CT molecular complexity index is 830. The van der Waals surface area contributed by atoms with E-state index in [1.165, 1.54) is 29.0 Å². The third-order valence-corrected chi connectivity index (χ3v) is 5.90. The van der Waals surface area contributed by atoms with Crippen LogP contribution in [0.5, 0.6) is 0 Å². The molecular formula is C19H24N4OS. The van der Waals surface area contributed by atoms with Crippen molar-refractivity contribution in [2.75, 3.05) is 20.1 Å². The zero-order chi connectivity index (χ0) is 17.6. The van der Waals surface area contributed by atoms with Gasteiger partial charge in [0.25, 0.3) is 0 Å². The minimum absolute atomic E-state index is 0.128. The maximum Gasteiger partial charge on any atom is 0.222 e. The Balaban J connectivity index is 1.53. The van der Waals surface area contributed by atoms with E-state index >= 15 is 0 Å². The van der Waals surface area contributed by atoms with Crippen LogP contribution in [0.15, 0.2) is 24.4 Å². The van der Waals surface area contributed by atoms with Gasteiger partial charge in [-0.25, -0.2) is 0 Å². The number of nitrogens with one attached hydrogen (secondary N) is 3. The Hall–Kier alpha value is -1.92. The summed E-state index contributed by atoms with van der Waals surface area (Å²) in [7, 11) is 2.23. The molecule has 6 heteroatoms. The van der Waals surface area contributed by atoms with E-state index in [-0.39, 0.29) is 5.91 Å². The second kappa shape index (κ2) is 6.42. The van der Waals surface area contributed by atoms with Crippen molar-refractivity contribution < 1.29 is 4.79 Å². The van der Waals surface area contributed by atoms with E-state index < -0.39 is 0 Å². The number of amides is 1. The number of aromatic nitrogens is 1. The first-order valence-corrected chi connectivity index (χ1v) is 9.28. The first-order valence-electron chi connectivity index (χ1n) is 8.87. The third kappa shape index (κ3) is 3.04. The number of benzene rings is 1. The lowest BCUT2D eigenvalue weighted by Gasteiger charge is -2.45. The fourth-order valence-corrected chi connectivity index (χ4v) is 4.87. The summed E-state index contributed by atoms with van der Waals surface area (Å²) in [4.78, 5) is 17.0. The van der Waals surface area contributed by atoms with Gasteiger partial charge in [0.15, 0.2) is 5.11 Å². The average molecular weight is 356 g/mol. The number of nitrogens with zero attached hydrogens (tertiary/aromatic N) is 1. The highest BCUT2D eigenvalue weighted by Crippen LogP contribution is 2.44. The van der Waals surface area contributed by atoms with Crippen LogP contribution in [-0.2, 0) is 11.2 Å². The van der Waals surface area contributed by atoms with E-state index in [0.717, 1.165) is 25.9 Å². The van der Waals surface area contributed by atoms with Gasteiger partial charge in [0.1, 0.15) is 0 Å². The minimum Gasteiger partial charge on any atom is -0.362 e. The number of aromatic amines is 1. The van der Waals surface area contributed by atoms with E-state index in [2.05, 4.69) is 52.0 Å². The third-order valence-electron chi connectivity index (χ3n) is 5.65. The van der Waals surface area contributed by atoms with Gasteiger partial charge >= 0.3 is 0 Å². The maximum atomic E-state index is 11.1. The van der Waals surface area contributed by atoms with Crippen LogP contribution >= 0.6 is 12.2 Å². The number of carbonyl (C=O) groups excluding carboxylic acids is 1. The predicted octanol–water partition coefficient (Wildman–Crippen LogP) is 2.14. The van der Waals surface area contributed by atoms with Gasteiger partial charge in [0.2, 0.25) is 5.91 Å². The topological polar surface area (TPSA) is 60.2 Å². The summed E-state index contributed by atoms with van der Waals surface area (Å²) < 4.78 is 0. The zero-order valence-electron chi connectivity index (χ0n) is 14.6. The van der Waals surface area contributed by atoms with Crippen LogP contribution < -0.4 is 10.6 Å². The monoisotopic (exact) mass is 356 g/mol. The fraction of sp³-hybridized carbons (Fsp3) is 0.474. The fourth-order valence-electron chi connectivity index (χ4n) is 4.64. The van der Waals surface area contributed by atoms with E-state index in [0.29, 0.717) is 23.0 Å². The van der Waals surface area contributed by atoms with Gasteiger partial charge in [0.05, 0.1) is 0 Å². The van der Waals surface area contributed by atoms with Crippen molar-refractivity contribution in [2.24, 2.45) is 5.92 Å². The van der Waals surface area contributed by atoms with Crippen LogP contribution in [0.25, 0.3) is 10.9 Å². The molecule has 2 aliphatic rings. The molecule has 5 nitrogen and oxygen atoms in total. The molecule has 3 atom stereocenters. The quantitative estimate of drug-likeness (QED) is 0.722. The molecular weight excluding hydrogens is 332 g/mol. The summed E-state index contributed by atoms with van der Waals surface area (Å²) >= 11 is 5.17. The summed E-state index contributed by atoms with van der Waals surface area (Å²) in [6, 6.07) is 7.18. The smallest absolute Gasteiger partial charge is 0.222 e. The molecule has 0 saturated carbocycles. The standard InChI is InChI=1S/C19H24N4OS/c1-11(24)22-19(25)21-8-12-6-15-14-4-3-5-16-18(14)13(9-20-16)7-17(15)23(2)10-12/h3-5,9,12,15,17,20H,6-8,10H2,1-2H3,(H2,21,22,24,25)/t12?,15-,17-/m1/s1. The molecule has 0 radical (unpaired) electrons. The van der Waals surface area contributed by atoms with Gasteiger partial charge in [-0.2, -0.15) is 0 Å². The molecule has 25 heavy (non-hydrogen) atoms. The minimum atomic E-state index is -0.128. The molecule has 0 spiro atoms. The van der Waals surface area contributed by atoms with Crippen LogP contribution in [-0.4, -0.2) is 47.1 Å². The molecule has 1 unspecified atom stereocenters. The molecule has 132 valence electrons.